The van der Waals surface area contributed by atoms with Crippen molar-refractivity contribution in [2.45, 2.75) is 38.1 Å². The van der Waals surface area contributed by atoms with Crippen LogP contribution in [0.15, 0.2) is 0 Å². The van der Waals surface area contributed by atoms with Gasteiger partial charge in [0.1, 0.15) is 0 Å². The van der Waals surface area contributed by atoms with Crippen molar-refractivity contribution < 1.29 is 9.59 Å². The summed E-state index contributed by atoms with van der Waals surface area (Å²) in [5.41, 5.74) is 0. The molecule has 78 valence electrons. The molecule has 1 aliphatic carbocycles. The van der Waals surface area contributed by atoms with Crippen molar-refractivity contribution in [1.29, 1.82) is 0 Å². The first kappa shape index (κ1) is 9.65. The summed E-state index contributed by atoms with van der Waals surface area (Å²) in [6.45, 7) is 0.900. The number of imide groups is 1. The summed E-state index contributed by atoms with van der Waals surface area (Å²) in [7, 11) is 0. The topological polar surface area (TPSA) is 58.2 Å². The molecule has 0 aromatic rings. The maximum atomic E-state index is 11.3. The predicted octanol–water partition coefficient (Wildman–Crippen LogP) is 0.181. The Morgan fingerprint density at radius 1 is 1.29 bits per heavy atom. The lowest BCUT2D eigenvalue weighted by atomic mass is 10.1. The van der Waals surface area contributed by atoms with Crippen LogP contribution in [0.2, 0.25) is 0 Å². The first-order chi connectivity index (χ1) is 6.75. The molecular formula is C10H16N2O2. The molecule has 1 atom stereocenters. The molecule has 0 aromatic carbocycles. The Kier molecular flexibility index (Phi) is 2.82. The zero-order valence-electron chi connectivity index (χ0n) is 8.21. The number of nitrogens with one attached hydrogen (secondary N) is 2. The lowest BCUT2D eigenvalue weighted by Gasteiger charge is -2.21. The first-order valence-corrected chi connectivity index (χ1v) is 5.33. The normalized spacial score (nSPS) is 27.6. The van der Waals surface area contributed by atoms with E-state index in [1.165, 1.54) is 12.8 Å². The van der Waals surface area contributed by atoms with Gasteiger partial charge in [-0.25, -0.2) is 0 Å². The standard InChI is InChI=1S/C10H16N2O2/c13-9-4-3-8(10(14)12-9)11-6-5-7-1-2-7/h7-8,11H,1-6H2,(H,12,13,14). The Labute approximate surface area is 83.4 Å². The Hall–Kier alpha value is -0.900. The minimum atomic E-state index is -0.156. The molecular weight excluding hydrogens is 180 g/mol. The summed E-state index contributed by atoms with van der Waals surface area (Å²) in [6.07, 6.45) is 4.97. The summed E-state index contributed by atoms with van der Waals surface area (Å²) in [5.74, 6) is 0.586. The minimum absolute atomic E-state index is 0.143. The van der Waals surface area contributed by atoms with E-state index in [4.69, 9.17) is 0 Å². The van der Waals surface area contributed by atoms with Gasteiger partial charge in [-0.15, -0.1) is 0 Å². The van der Waals surface area contributed by atoms with E-state index in [1.54, 1.807) is 0 Å². The molecule has 4 heteroatoms. The van der Waals surface area contributed by atoms with Gasteiger partial charge in [-0.05, 0) is 25.3 Å². The van der Waals surface area contributed by atoms with Crippen LogP contribution in [0.5, 0.6) is 0 Å². The molecule has 1 saturated carbocycles. The summed E-state index contributed by atoms with van der Waals surface area (Å²) in [4.78, 5) is 22.2. The average molecular weight is 196 g/mol. The number of carbonyl (C=O) groups excluding carboxylic acids is 2. The van der Waals surface area contributed by atoms with Crippen molar-refractivity contribution >= 4 is 11.8 Å². The van der Waals surface area contributed by atoms with Gasteiger partial charge < -0.3 is 5.32 Å². The van der Waals surface area contributed by atoms with E-state index < -0.39 is 0 Å². The van der Waals surface area contributed by atoms with Gasteiger partial charge in [-0.2, -0.15) is 0 Å². The molecule has 2 amide bonds. The van der Waals surface area contributed by atoms with Gasteiger partial charge in [0.2, 0.25) is 11.8 Å². The Morgan fingerprint density at radius 2 is 2.07 bits per heavy atom. The molecule has 0 aromatic heterocycles. The highest BCUT2D eigenvalue weighted by Gasteiger charge is 2.27. The van der Waals surface area contributed by atoms with Crippen molar-refractivity contribution in [1.82, 2.24) is 10.6 Å². The fourth-order valence-electron chi connectivity index (χ4n) is 1.76. The van der Waals surface area contributed by atoms with E-state index >= 15 is 0 Å². The third-order valence-corrected chi connectivity index (χ3v) is 2.88. The highest BCUT2D eigenvalue weighted by molar-refractivity contribution is 6.00. The maximum Gasteiger partial charge on any atom is 0.243 e. The van der Waals surface area contributed by atoms with E-state index in [0.717, 1.165) is 18.9 Å². The second-order valence-corrected chi connectivity index (χ2v) is 4.19. The molecule has 2 fully saturated rings. The molecule has 0 bridgehead atoms. The van der Waals surface area contributed by atoms with E-state index in [2.05, 4.69) is 10.6 Å². The number of hydrogen-bond acceptors (Lipinski definition) is 3. The van der Waals surface area contributed by atoms with Crippen molar-refractivity contribution in [2.24, 2.45) is 5.92 Å². The third kappa shape index (κ3) is 2.54. The van der Waals surface area contributed by atoms with Crippen molar-refractivity contribution in [2.75, 3.05) is 6.54 Å². The monoisotopic (exact) mass is 196 g/mol. The quantitative estimate of drug-likeness (QED) is 0.631. The maximum absolute atomic E-state index is 11.3. The van der Waals surface area contributed by atoms with Crippen molar-refractivity contribution in [3.05, 3.63) is 0 Å². The van der Waals surface area contributed by atoms with Gasteiger partial charge in [0.15, 0.2) is 0 Å². The fraction of sp³-hybridized carbons (Fsp3) is 0.800. The van der Waals surface area contributed by atoms with E-state index in [9.17, 15) is 9.59 Å². The van der Waals surface area contributed by atoms with Gasteiger partial charge in [0.25, 0.3) is 0 Å². The molecule has 1 unspecified atom stereocenters. The Morgan fingerprint density at radius 3 is 2.71 bits per heavy atom. The number of piperidine rings is 1. The zero-order chi connectivity index (χ0) is 9.97. The minimum Gasteiger partial charge on any atom is -0.306 e. The molecule has 4 nitrogen and oxygen atoms in total. The molecule has 1 aliphatic heterocycles. The fourth-order valence-corrected chi connectivity index (χ4v) is 1.76. The van der Waals surface area contributed by atoms with E-state index in [-0.39, 0.29) is 17.9 Å². The molecule has 2 aliphatic rings. The Balaban J connectivity index is 1.68. The smallest absolute Gasteiger partial charge is 0.243 e. The number of hydrogen-bond donors (Lipinski definition) is 2. The lowest BCUT2D eigenvalue weighted by molar-refractivity contribution is -0.134. The summed E-state index contributed by atoms with van der Waals surface area (Å²) in [5, 5.41) is 5.54. The number of carbonyl (C=O) groups is 2. The van der Waals surface area contributed by atoms with Crippen LogP contribution in [0, 0.1) is 5.92 Å². The van der Waals surface area contributed by atoms with Crippen LogP contribution in [0.3, 0.4) is 0 Å². The predicted molar refractivity (Wildman–Crippen MR) is 51.5 cm³/mol. The van der Waals surface area contributed by atoms with Crippen molar-refractivity contribution in [3.63, 3.8) is 0 Å². The van der Waals surface area contributed by atoms with Crippen LogP contribution in [-0.4, -0.2) is 24.4 Å². The second-order valence-electron chi connectivity index (χ2n) is 4.19. The summed E-state index contributed by atoms with van der Waals surface area (Å²) >= 11 is 0. The van der Waals surface area contributed by atoms with Gasteiger partial charge in [-0.3, -0.25) is 14.9 Å². The van der Waals surface area contributed by atoms with E-state index in [1.807, 2.05) is 0 Å². The van der Waals surface area contributed by atoms with E-state index in [0.29, 0.717) is 12.8 Å². The van der Waals surface area contributed by atoms with Crippen LogP contribution in [0.25, 0.3) is 0 Å². The van der Waals surface area contributed by atoms with Crippen LogP contribution < -0.4 is 10.6 Å². The molecule has 1 saturated heterocycles. The highest BCUT2D eigenvalue weighted by Crippen LogP contribution is 2.31. The molecule has 14 heavy (non-hydrogen) atoms. The second kappa shape index (κ2) is 4.09. The highest BCUT2D eigenvalue weighted by atomic mass is 16.2. The Bertz CT molecular complexity index is 249. The van der Waals surface area contributed by atoms with Crippen LogP contribution >= 0.6 is 0 Å². The molecule has 0 spiro atoms. The lowest BCUT2D eigenvalue weighted by Crippen LogP contribution is -2.50. The zero-order valence-corrected chi connectivity index (χ0v) is 8.21. The summed E-state index contributed by atoms with van der Waals surface area (Å²) < 4.78 is 0. The van der Waals surface area contributed by atoms with Crippen LogP contribution in [0.1, 0.15) is 32.1 Å². The van der Waals surface area contributed by atoms with Gasteiger partial charge in [0.05, 0.1) is 6.04 Å². The van der Waals surface area contributed by atoms with Crippen LogP contribution in [0.4, 0.5) is 0 Å². The summed E-state index contributed by atoms with van der Waals surface area (Å²) in [6, 6.07) is -0.147. The molecule has 1 heterocycles. The van der Waals surface area contributed by atoms with Crippen LogP contribution in [-0.2, 0) is 9.59 Å². The van der Waals surface area contributed by atoms with Gasteiger partial charge in [-0.1, -0.05) is 12.8 Å². The molecule has 2 rings (SSSR count). The SMILES string of the molecule is O=C1CCC(NCCC2CC2)C(=O)N1. The largest absolute Gasteiger partial charge is 0.306 e. The third-order valence-electron chi connectivity index (χ3n) is 2.88. The van der Waals surface area contributed by atoms with Gasteiger partial charge in [0, 0.05) is 6.42 Å². The molecule has 0 radical (unpaired) electrons. The molecule has 2 N–H and O–H groups in total. The number of amides is 2. The van der Waals surface area contributed by atoms with Gasteiger partial charge >= 0.3 is 0 Å². The number of rotatable bonds is 4. The first-order valence-electron chi connectivity index (χ1n) is 5.33. The van der Waals surface area contributed by atoms with Crippen molar-refractivity contribution in [3.8, 4) is 0 Å². The average Bonchev–Trinajstić information content (AvgIpc) is 2.92.